The Balaban J connectivity index is 1.92. The average Bonchev–Trinajstić information content (AvgIpc) is 2.79. The van der Waals surface area contributed by atoms with Gasteiger partial charge < -0.3 is 20.5 Å². The monoisotopic (exact) mass is 460 g/mol. The van der Waals surface area contributed by atoms with Gasteiger partial charge in [-0.25, -0.2) is 9.59 Å². The van der Waals surface area contributed by atoms with Gasteiger partial charge >= 0.3 is 12.1 Å². The number of alkyl carbamates (subject to hydrolysis) is 1. The second kappa shape index (κ2) is 12.6. The standard InChI is InChI=1S/C23H28N2O6S/c1-16(2)20(25-23(29)31-15-17-9-5-3-6-10-17)21(26)24-19(22(27)28)13-14-32(30)18-11-7-4-8-12-18/h3-12,16,19-20H,13-15H2,1-2H3,(H,24,26)(H,25,29)(H,27,28)/t19-,20+,32-/m1/s1. The van der Waals surface area contributed by atoms with Gasteiger partial charge in [0.1, 0.15) is 18.7 Å². The Morgan fingerprint density at radius 2 is 1.56 bits per heavy atom. The first-order valence-corrected chi connectivity index (χ1v) is 11.5. The summed E-state index contributed by atoms with van der Waals surface area (Å²) in [4.78, 5) is 37.1. The Bertz CT molecular complexity index is 921. The predicted octanol–water partition coefficient (Wildman–Crippen LogP) is 2.70. The van der Waals surface area contributed by atoms with Gasteiger partial charge in [-0.2, -0.15) is 0 Å². The molecule has 32 heavy (non-hydrogen) atoms. The van der Waals surface area contributed by atoms with E-state index in [0.29, 0.717) is 4.90 Å². The molecule has 2 rings (SSSR count). The second-order valence-electron chi connectivity index (χ2n) is 7.48. The minimum absolute atomic E-state index is 0.0220. The minimum Gasteiger partial charge on any atom is -0.480 e. The number of nitrogens with one attached hydrogen (secondary N) is 2. The Morgan fingerprint density at radius 1 is 0.969 bits per heavy atom. The quantitative estimate of drug-likeness (QED) is 0.474. The van der Waals surface area contributed by atoms with Crippen molar-refractivity contribution in [1.82, 2.24) is 10.6 Å². The van der Waals surface area contributed by atoms with Crippen molar-refractivity contribution in [1.29, 1.82) is 0 Å². The molecule has 0 aliphatic rings. The largest absolute Gasteiger partial charge is 0.480 e. The van der Waals surface area contributed by atoms with Crippen molar-refractivity contribution in [2.75, 3.05) is 5.75 Å². The van der Waals surface area contributed by atoms with Crippen LogP contribution in [0.15, 0.2) is 65.6 Å². The first-order chi connectivity index (χ1) is 15.3. The molecule has 3 N–H and O–H groups in total. The van der Waals surface area contributed by atoms with Crippen LogP contribution in [0.4, 0.5) is 4.79 Å². The lowest BCUT2D eigenvalue weighted by Gasteiger charge is -2.23. The lowest BCUT2D eigenvalue weighted by molar-refractivity contribution is -0.142. The van der Waals surface area contributed by atoms with Crippen molar-refractivity contribution in [2.24, 2.45) is 5.92 Å². The van der Waals surface area contributed by atoms with E-state index in [0.717, 1.165) is 5.56 Å². The molecule has 9 heteroatoms. The molecule has 3 atom stereocenters. The molecule has 2 amide bonds. The summed E-state index contributed by atoms with van der Waals surface area (Å²) in [7, 11) is -1.39. The van der Waals surface area contributed by atoms with Gasteiger partial charge in [0.2, 0.25) is 5.91 Å². The average molecular weight is 461 g/mol. The van der Waals surface area contributed by atoms with Crippen molar-refractivity contribution >= 4 is 28.8 Å². The van der Waals surface area contributed by atoms with E-state index in [2.05, 4.69) is 10.6 Å². The fraction of sp³-hybridized carbons (Fsp3) is 0.348. The molecule has 0 saturated heterocycles. The second-order valence-corrected chi connectivity index (χ2v) is 9.05. The fourth-order valence-corrected chi connectivity index (χ4v) is 4.01. The van der Waals surface area contributed by atoms with Crippen LogP contribution in [0, 0.1) is 5.92 Å². The van der Waals surface area contributed by atoms with E-state index < -0.39 is 40.9 Å². The van der Waals surface area contributed by atoms with E-state index in [4.69, 9.17) is 4.74 Å². The summed E-state index contributed by atoms with van der Waals surface area (Å²) in [6, 6.07) is 15.6. The van der Waals surface area contributed by atoms with Crippen molar-refractivity contribution in [3.8, 4) is 0 Å². The fourth-order valence-electron chi connectivity index (χ4n) is 2.86. The molecule has 0 fully saturated rings. The molecular formula is C23H28N2O6S. The Labute approximate surface area is 189 Å². The van der Waals surface area contributed by atoms with E-state index in [1.165, 1.54) is 0 Å². The maximum atomic E-state index is 12.7. The molecule has 8 nitrogen and oxygen atoms in total. The first-order valence-electron chi connectivity index (χ1n) is 10.2. The molecule has 0 heterocycles. The summed E-state index contributed by atoms with van der Waals surface area (Å²) < 4.78 is 17.5. The minimum atomic E-state index is -1.39. The van der Waals surface area contributed by atoms with E-state index in [1.54, 1.807) is 56.3 Å². The normalized spacial score (nSPS) is 13.6. The van der Waals surface area contributed by atoms with Gasteiger partial charge in [-0.3, -0.25) is 9.00 Å². The zero-order chi connectivity index (χ0) is 23.5. The molecule has 0 aliphatic heterocycles. The Kier molecular flexibility index (Phi) is 9.87. The highest BCUT2D eigenvalue weighted by molar-refractivity contribution is 7.85. The lowest BCUT2D eigenvalue weighted by atomic mass is 10.0. The van der Waals surface area contributed by atoms with Crippen molar-refractivity contribution in [3.05, 3.63) is 66.2 Å². The Morgan fingerprint density at radius 3 is 2.12 bits per heavy atom. The summed E-state index contributed by atoms with van der Waals surface area (Å²) in [6.45, 7) is 3.49. The summed E-state index contributed by atoms with van der Waals surface area (Å²) in [5.74, 6) is -2.13. The molecule has 0 saturated carbocycles. The number of hydrogen-bond donors (Lipinski definition) is 3. The number of benzene rings is 2. The molecule has 0 aliphatic carbocycles. The van der Waals surface area contributed by atoms with Crippen molar-refractivity contribution < 1.29 is 28.4 Å². The van der Waals surface area contributed by atoms with Crippen LogP contribution < -0.4 is 10.6 Å². The van der Waals surface area contributed by atoms with Crippen LogP contribution >= 0.6 is 0 Å². The van der Waals surface area contributed by atoms with Crippen LogP contribution in [-0.2, 0) is 31.7 Å². The zero-order valence-electron chi connectivity index (χ0n) is 18.0. The smallest absolute Gasteiger partial charge is 0.408 e. The highest BCUT2D eigenvalue weighted by Crippen LogP contribution is 2.09. The third-order valence-corrected chi connectivity index (χ3v) is 6.05. The van der Waals surface area contributed by atoms with Crippen LogP contribution in [0.3, 0.4) is 0 Å². The van der Waals surface area contributed by atoms with Crippen LogP contribution in [0.25, 0.3) is 0 Å². The number of ether oxygens (including phenoxy) is 1. The van der Waals surface area contributed by atoms with Gasteiger partial charge in [-0.05, 0) is 30.0 Å². The summed E-state index contributed by atoms with van der Waals surface area (Å²) in [5, 5.41) is 14.4. The van der Waals surface area contributed by atoms with Crippen LogP contribution in [-0.4, -0.2) is 45.1 Å². The molecule has 2 aromatic rings. The van der Waals surface area contributed by atoms with E-state index in [-0.39, 0.29) is 24.7 Å². The van der Waals surface area contributed by atoms with Crippen LogP contribution in [0.2, 0.25) is 0 Å². The number of carboxylic acid groups (broad SMARTS) is 1. The van der Waals surface area contributed by atoms with Gasteiger partial charge in [-0.1, -0.05) is 62.4 Å². The van der Waals surface area contributed by atoms with E-state index in [1.807, 2.05) is 18.2 Å². The maximum absolute atomic E-state index is 12.7. The molecule has 172 valence electrons. The molecular weight excluding hydrogens is 432 g/mol. The van der Waals surface area contributed by atoms with Crippen molar-refractivity contribution in [3.63, 3.8) is 0 Å². The number of aliphatic carboxylic acids is 1. The number of carbonyl (C=O) groups excluding carboxylic acids is 2. The van der Waals surface area contributed by atoms with Gasteiger partial charge in [0.15, 0.2) is 0 Å². The van der Waals surface area contributed by atoms with E-state index in [9.17, 15) is 23.7 Å². The predicted molar refractivity (Wildman–Crippen MR) is 120 cm³/mol. The zero-order valence-corrected chi connectivity index (χ0v) is 18.8. The van der Waals surface area contributed by atoms with Gasteiger partial charge in [0.05, 0.1) is 10.8 Å². The highest BCUT2D eigenvalue weighted by atomic mass is 32.2. The number of carbonyl (C=O) groups is 3. The molecule has 0 bridgehead atoms. The maximum Gasteiger partial charge on any atom is 0.408 e. The SMILES string of the molecule is CC(C)[C@H](NC(=O)OCc1ccccc1)C(=O)N[C@H](CC[S@@](=O)c1ccccc1)C(=O)O. The number of carboxylic acids is 1. The summed E-state index contributed by atoms with van der Waals surface area (Å²) in [5.41, 5.74) is 0.797. The van der Waals surface area contributed by atoms with Gasteiger partial charge in [0, 0.05) is 10.6 Å². The van der Waals surface area contributed by atoms with Gasteiger partial charge in [0.25, 0.3) is 0 Å². The lowest BCUT2D eigenvalue weighted by Crippen LogP contribution is -2.54. The topological polar surface area (TPSA) is 122 Å². The third kappa shape index (κ3) is 8.14. The molecule has 0 spiro atoms. The molecule has 0 radical (unpaired) electrons. The molecule has 0 unspecified atom stereocenters. The van der Waals surface area contributed by atoms with Crippen molar-refractivity contribution in [2.45, 2.75) is 43.9 Å². The first kappa shape index (κ1) is 25.1. The van der Waals surface area contributed by atoms with Crippen LogP contribution in [0.1, 0.15) is 25.8 Å². The summed E-state index contributed by atoms with van der Waals surface area (Å²) in [6.07, 6.45) is -0.800. The number of hydrogen-bond acceptors (Lipinski definition) is 5. The Hall–Kier alpha value is -3.20. The van der Waals surface area contributed by atoms with Crippen LogP contribution in [0.5, 0.6) is 0 Å². The summed E-state index contributed by atoms with van der Waals surface area (Å²) >= 11 is 0. The number of rotatable bonds is 11. The number of amides is 2. The van der Waals surface area contributed by atoms with Gasteiger partial charge in [-0.15, -0.1) is 0 Å². The molecule has 0 aromatic heterocycles. The van der Waals surface area contributed by atoms with E-state index >= 15 is 0 Å². The molecule has 2 aromatic carbocycles. The third-order valence-electron chi connectivity index (χ3n) is 4.65. The highest BCUT2D eigenvalue weighted by Gasteiger charge is 2.29.